The molecule has 4 nitrogen and oxygen atoms in total. The minimum atomic E-state index is 0.813. The largest absolute Gasteiger partial charge is 0.495 e. The van der Waals surface area contributed by atoms with Gasteiger partial charge in [0.15, 0.2) is 0 Å². The van der Waals surface area contributed by atoms with Crippen molar-refractivity contribution in [2.45, 2.75) is 6.54 Å². The molecule has 0 aliphatic carbocycles. The number of likely N-dealkylation sites (N-methyl/N-ethyl adjacent to an activating group) is 1. The Hall–Kier alpha value is -1.13. The molecule has 0 saturated heterocycles. The number of pyridine rings is 1. The number of hydrogen-bond acceptors (Lipinski definition) is 4. The summed E-state index contributed by atoms with van der Waals surface area (Å²) in [5, 5.41) is 6.38. The van der Waals surface area contributed by atoms with Gasteiger partial charge in [-0.1, -0.05) is 0 Å². The summed E-state index contributed by atoms with van der Waals surface area (Å²) in [4.78, 5) is 4.00. The third-order valence-electron chi connectivity index (χ3n) is 1.96. The van der Waals surface area contributed by atoms with Crippen LogP contribution >= 0.6 is 0 Å². The van der Waals surface area contributed by atoms with E-state index in [0.717, 1.165) is 30.9 Å². The molecule has 1 aromatic rings. The van der Waals surface area contributed by atoms with Gasteiger partial charge >= 0.3 is 0 Å². The fraction of sp³-hybridized carbons (Fsp3) is 0.500. The molecule has 0 atom stereocenters. The molecule has 0 spiro atoms. The predicted octanol–water partition coefficient (Wildman–Crippen LogP) is 0.399. The van der Waals surface area contributed by atoms with Crippen LogP contribution in [0.15, 0.2) is 18.5 Å². The highest BCUT2D eigenvalue weighted by Gasteiger charge is 2.00. The van der Waals surface area contributed by atoms with E-state index < -0.39 is 0 Å². The van der Waals surface area contributed by atoms with Gasteiger partial charge in [0.1, 0.15) is 5.75 Å². The van der Waals surface area contributed by atoms with E-state index in [1.165, 1.54) is 0 Å². The molecular weight excluding hydrogens is 178 g/mol. The van der Waals surface area contributed by atoms with E-state index in [-0.39, 0.29) is 0 Å². The second kappa shape index (κ2) is 6.34. The second-order valence-corrected chi connectivity index (χ2v) is 2.97. The average Bonchev–Trinajstić information content (AvgIpc) is 2.25. The van der Waals surface area contributed by atoms with Crippen LogP contribution in [0.5, 0.6) is 5.75 Å². The first-order valence-corrected chi connectivity index (χ1v) is 4.70. The van der Waals surface area contributed by atoms with Crippen molar-refractivity contribution in [1.29, 1.82) is 0 Å². The lowest BCUT2D eigenvalue weighted by atomic mass is 10.2. The Labute approximate surface area is 84.7 Å². The van der Waals surface area contributed by atoms with Gasteiger partial charge in [-0.25, -0.2) is 0 Å². The molecule has 0 bridgehead atoms. The molecule has 4 heteroatoms. The molecule has 0 unspecified atom stereocenters. The van der Waals surface area contributed by atoms with Crippen LogP contribution in [0.1, 0.15) is 5.56 Å². The molecule has 0 radical (unpaired) electrons. The van der Waals surface area contributed by atoms with Crippen LogP contribution in [-0.4, -0.2) is 32.2 Å². The SMILES string of the molecule is CNCCNCc1ccncc1OC. The van der Waals surface area contributed by atoms with Crippen molar-refractivity contribution in [3.63, 3.8) is 0 Å². The van der Waals surface area contributed by atoms with Gasteiger partial charge in [-0.15, -0.1) is 0 Å². The fourth-order valence-electron chi connectivity index (χ4n) is 1.18. The summed E-state index contributed by atoms with van der Waals surface area (Å²) < 4.78 is 5.18. The molecule has 0 aromatic carbocycles. The first-order valence-electron chi connectivity index (χ1n) is 4.70. The first-order chi connectivity index (χ1) is 6.88. The van der Waals surface area contributed by atoms with E-state index in [0.29, 0.717) is 0 Å². The maximum atomic E-state index is 5.18. The van der Waals surface area contributed by atoms with Crippen molar-refractivity contribution in [2.75, 3.05) is 27.2 Å². The highest BCUT2D eigenvalue weighted by atomic mass is 16.5. The summed E-state index contributed by atoms with van der Waals surface area (Å²) in [5.41, 5.74) is 1.14. The van der Waals surface area contributed by atoms with Gasteiger partial charge in [-0.05, 0) is 13.1 Å². The summed E-state index contributed by atoms with van der Waals surface area (Å²) in [7, 11) is 3.60. The van der Waals surface area contributed by atoms with Crippen molar-refractivity contribution >= 4 is 0 Å². The normalized spacial score (nSPS) is 10.1. The Morgan fingerprint density at radius 1 is 1.43 bits per heavy atom. The maximum absolute atomic E-state index is 5.18. The summed E-state index contributed by atoms with van der Waals surface area (Å²) in [6.45, 7) is 2.72. The van der Waals surface area contributed by atoms with Crippen molar-refractivity contribution in [3.05, 3.63) is 24.0 Å². The van der Waals surface area contributed by atoms with Crippen LogP contribution in [0, 0.1) is 0 Å². The van der Waals surface area contributed by atoms with Crippen molar-refractivity contribution in [3.8, 4) is 5.75 Å². The molecular formula is C10H17N3O. The van der Waals surface area contributed by atoms with E-state index in [4.69, 9.17) is 4.74 Å². The van der Waals surface area contributed by atoms with Crippen LogP contribution in [0.2, 0.25) is 0 Å². The lowest BCUT2D eigenvalue weighted by Gasteiger charge is -2.08. The third kappa shape index (κ3) is 3.32. The number of rotatable bonds is 6. The Morgan fingerprint density at radius 2 is 2.29 bits per heavy atom. The van der Waals surface area contributed by atoms with Gasteiger partial charge in [0, 0.05) is 31.4 Å². The smallest absolute Gasteiger partial charge is 0.141 e. The van der Waals surface area contributed by atoms with Gasteiger partial charge in [0.05, 0.1) is 13.3 Å². The Bertz CT molecular complexity index is 265. The fourth-order valence-corrected chi connectivity index (χ4v) is 1.18. The van der Waals surface area contributed by atoms with Gasteiger partial charge in [-0.3, -0.25) is 4.98 Å². The zero-order valence-corrected chi connectivity index (χ0v) is 8.71. The molecule has 0 saturated carbocycles. The topological polar surface area (TPSA) is 46.2 Å². The predicted molar refractivity (Wildman–Crippen MR) is 56.4 cm³/mol. The second-order valence-electron chi connectivity index (χ2n) is 2.97. The van der Waals surface area contributed by atoms with E-state index in [9.17, 15) is 0 Å². The van der Waals surface area contributed by atoms with Crippen LogP contribution < -0.4 is 15.4 Å². The monoisotopic (exact) mass is 195 g/mol. The zero-order chi connectivity index (χ0) is 10.2. The Morgan fingerprint density at radius 3 is 3.00 bits per heavy atom. The number of methoxy groups -OCH3 is 1. The number of aromatic nitrogens is 1. The first kappa shape index (κ1) is 10.9. The lowest BCUT2D eigenvalue weighted by molar-refractivity contribution is 0.405. The molecule has 0 aliphatic heterocycles. The summed E-state index contributed by atoms with van der Waals surface area (Å²) >= 11 is 0. The van der Waals surface area contributed by atoms with Crippen LogP contribution in [0.3, 0.4) is 0 Å². The summed E-state index contributed by atoms with van der Waals surface area (Å²) in [5.74, 6) is 0.837. The molecule has 0 aliphatic rings. The molecule has 78 valence electrons. The maximum Gasteiger partial charge on any atom is 0.141 e. The number of hydrogen-bond donors (Lipinski definition) is 2. The van der Waals surface area contributed by atoms with E-state index in [1.54, 1.807) is 19.5 Å². The summed E-state index contributed by atoms with van der Waals surface area (Å²) in [6, 6.07) is 1.96. The quantitative estimate of drug-likeness (QED) is 0.645. The van der Waals surface area contributed by atoms with E-state index in [1.807, 2.05) is 13.1 Å². The highest BCUT2D eigenvalue weighted by Crippen LogP contribution is 2.14. The minimum Gasteiger partial charge on any atom is -0.495 e. The molecule has 14 heavy (non-hydrogen) atoms. The minimum absolute atomic E-state index is 0.813. The molecule has 1 rings (SSSR count). The van der Waals surface area contributed by atoms with E-state index >= 15 is 0 Å². The Kier molecular flexibility index (Phi) is 4.96. The van der Waals surface area contributed by atoms with Crippen molar-refractivity contribution < 1.29 is 4.74 Å². The standard InChI is InChI=1S/C10H17N3O/c1-11-5-6-13-7-9-3-4-12-8-10(9)14-2/h3-4,8,11,13H,5-7H2,1-2H3. The van der Waals surface area contributed by atoms with E-state index in [2.05, 4.69) is 15.6 Å². The van der Waals surface area contributed by atoms with Crippen molar-refractivity contribution in [1.82, 2.24) is 15.6 Å². The number of nitrogens with zero attached hydrogens (tertiary/aromatic N) is 1. The number of nitrogens with one attached hydrogen (secondary N) is 2. The molecule has 2 N–H and O–H groups in total. The molecule has 0 fully saturated rings. The zero-order valence-electron chi connectivity index (χ0n) is 8.71. The van der Waals surface area contributed by atoms with Gasteiger partial charge < -0.3 is 15.4 Å². The van der Waals surface area contributed by atoms with Crippen LogP contribution in [0.4, 0.5) is 0 Å². The average molecular weight is 195 g/mol. The van der Waals surface area contributed by atoms with Gasteiger partial charge in [0.2, 0.25) is 0 Å². The molecule has 1 heterocycles. The van der Waals surface area contributed by atoms with Crippen LogP contribution in [-0.2, 0) is 6.54 Å². The number of ether oxygens (including phenoxy) is 1. The third-order valence-corrected chi connectivity index (χ3v) is 1.96. The Balaban J connectivity index is 2.41. The van der Waals surface area contributed by atoms with Crippen molar-refractivity contribution in [2.24, 2.45) is 0 Å². The molecule has 1 aromatic heterocycles. The van der Waals surface area contributed by atoms with Gasteiger partial charge in [0.25, 0.3) is 0 Å². The highest BCUT2D eigenvalue weighted by molar-refractivity contribution is 5.29. The summed E-state index contributed by atoms with van der Waals surface area (Å²) in [6.07, 6.45) is 3.51. The van der Waals surface area contributed by atoms with Crippen LogP contribution in [0.25, 0.3) is 0 Å². The molecule has 0 amide bonds. The lowest BCUT2D eigenvalue weighted by Crippen LogP contribution is -2.24. The van der Waals surface area contributed by atoms with Gasteiger partial charge in [-0.2, -0.15) is 0 Å².